The van der Waals surface area contributed by atoms with Crippen LogP contribution in [-0.4, -0.2) is 6.61 Å². The molecule has 0 aliphatic heterocycles. The molecule has 0 radical (unpaired) electrons. The SMILES string of the molecule is CCCC[O][Ti].Cl.Cl.Cl. The summed E-state index contributed by atoms with van der Waals surface area (Å²) >= 11 is 1.73. The summed E-state index contributed by atoms with van der Waals surface area (Å²) in [6.07, 6.45) is 2.42. The van der Waals surface area contributed by atoms with Gasteiger partial charge in [-0.1, -0.05) is 0 Å². The first-order valence-electron chi connectivity index (χ1n) is 2.20. The molecule has 0 rings (SSSR count). The zero-order valence-corrected chi connectivity index (χ0v) is 9.27. The molecule has 0 aromatic carbocycles. The van der Waals surface area contributed by atoms with Gasteiger partial charge < -0.3 is 0 Å². The number of hydrogen-bond acceptors (Lipinski definition) is 1. The fourth-order valence-electron chi connectivity index (χ4n) is 0.217. The normalized spacial score (nSPS) is 5.78. The maximum Gasteiger partial charge on any atom is -0.147 e. The summed E-state index contributed by atoms with van der Waals surface area (Å²) in [7, 11) is 0. The van der Waals surface area contributed by atoms with Crippen molar-refractivity contribution in [3.63, 3.8) is 0 Å². The number of unbranched alkanes of at least 4 members (excludes halogenated alkanes) is 1. The molecule has 0 aromatic rings. The summed E-state index contributed by atoms with van der Waals surface area (Å²) in [5, 5.41) is 0. The quantitative estimate of drug-likeness (QED) is 0.535. The average Bonchev–Trinajstić information content (AvgIpc) is 1.61. The van der Waals surface area contributed by atoms with Crippen molar-refractivity contribution in [3.05, 3.63) is 0 Å². The second kappa shape index (κ2) is 22.7. The van der Waals surface area contributed by atoms with Gasteiger partial charge in [0.05, 0.1) is 0 Å². The van der Waals surface area contributed by atoms with Gasteiger partial charge in [-0.15, -0.1) is 37.2 Å². The molecular weight excluding hydrogens is 218 g/mol. The molecule has 59 valence electrons. The fourth-order valence-corrected chi connectivity index (χ4v) is 0.442. The van der Waals surface area contributed by atoms with Crippen molar-refractivity contribution >= 4 is 37.2 Å². The molecule has 0 unspecified atom stereocenters. The van der Waals surface area contributed by atoms with Crippen molar-refractivity contribution in [2.45, 2.75) is 19.8 Å². The van der Waals surface area contributed by atoms with E-state index in [-0.39, 0.29) is 37.2 Å². The van der Waals surface area contributed by atoms with E-state index in [0.717, 1.165) is 6.61 Å². The van der Waals surface area contributed by atoms with Crippen molar-refractivity contribution in [2.75, 3.05) is 6.61 Å². The summed E-state index contributed by atoms with van der Waals surface area (Å²) in [5.41, 5.74) is 0. The standard InChI is InChI=1S/C4H9O.3ClH.Ti/c1-2-3-4-5;;;;/h2-4H2,1H3;3*1H;/q-1;;;;+1. The minimum Gasteiger partial charge on any atom is -0.147 e. The van der Waals surface area contributed by atoms with Gasteiger partial charge in [0.25, 0.3) is 0 Å². The Labute approximate surface area is 87.4 Å². The fraction of sp³-hybridized carbons (Fsp3) is 1.00. The predicted octanol–water partition coefficient (Wildman–Crippen LogP) is 2.53. The maximum atomic E-state index is 4.78. The Bertz CT molecular complexity index is 27.8. The third-order valence-electron chi connectivity index (χ3n) is 0.600. The van der Waals surface area contributed by atoms with Crippen LogP contribution in [0.15, 0.2) is 0 Å². The molecule has 0 saturated carbocycles. The van der Waals surface area contributed by atoms with Crippen LogP contribution in [0.1, 0.15) is 19.8 Å². The topological polar surface area (TPSA) is 9.23 Å². The maximum absolute atomic E-state index is 4.78. The van der Waals surface area contributed by atoms with E-state index in [1.807, 2.05) is 0 Å². The van der Waals surface area contributed by atoms with Crippen LogP contribution in [-0.2, 0) is 24.1 Å². The molecule has 0 N–H and O–H groups in total. The van der Waals surface area contributed by atoms with Gasteiger partial charge in [-0.2, -0.15) is 0 Å². The Morgan fingerprint density at radius 3 is 1.78 bits per heavy atom. The first-order chi connectivity index (χ1) is 2.91. The van der Waals surface area contributed by atoms with E-state index in [1.165, 1.54) is 12.8 Å². The monoisotopic (exact) mass is 229 g/mol. The van der Waals surface area contributed by atoms with Crippen LogP contribution in [0, 0.1) is 0 Å². The van der Waals surface area contributed by atoms with E-state index in [1.54, 1.807) is 20.8 Å². The van der Waals surface area contributed by atoms with Crippen LogP contribution in [0.2, 0.25) is 0 Å². The van der Waals surface area contributed by atoms with Crippen molar-refractivity contribution in [2.24, 2.45) is 0 Å². The van der Waals surface area contributed by atoms with Crippen LogP contribution < -0.4 is 0 Å². The van der Waals surface area contributed by atoms with Crippen LogP contribution in [0.5, 0.6) is 0 Å². The van der Waals surface area contributed by atoms with E-state index in [2.05, 4.69) is 6.92 Å². The summed E-state index contributed by atoms with van der Waals surface area (Å²) in [6.45, 7) is 3.07. The molecule has 0 spiro atoms. The second-order valence-corrected chi connectivity index (χ2v) is 1.65. The van der Waals surface area contributed by atoms with Crippen LogP contribution in [0.3, 0.4) is 0 Å². The van der Waals surface area contributed by atoms with E-state index in [0.29, 0.717) is 0 Å². The molecule has 0 heterocycles. The Morgan fingerprint density at radius 1 is 1.22 bits per heavy atom. The zero-order chi connectivity index (χ0) is 4.83. The van der Waals surface area contributed by atoms with E-state index in [9.17, 15) is 0 Å². The molecule has 0 bridgehead atoms. The molecule has 0 saturated heterocycles. The van der Waals surface area contributed by atoms with E-state index in [4.69, 9.17) is 3.32 Å². The first kappa shape index (κ1) is 22.4. The Hall–Kier alpha value is 1.54. The first-order valence-corrected chi connectivity index (χ1v) is 2.84. The van der Waals surface area contributed by atoms with Gasteiger partial charge in [0.15, 0.2) is 0 Å². The number of hydrogen-bond donors (Lipinski definition) is 0. The van der Waals surface area contributed by atoms with Gasteiger partial charge in [-0.3, -0.25) is 0 Å². The molecule has 0 amide bonds. The van der Waals surface area contributed by atoms with Crippen LogP contribution in [0.4, 0.5) is 0 Å². The van der Waals surface area contributed by atoms with Gasteiger partial charge in [0, 0.05) is 0 Å². The molecule has 9 heavy (non-hydrogen) atoms. The Kier molecular flexibility index (Phi) is 56.5. The van der Waals surface area contributed by atoms with Gasteiger partial charge in [0.1, 0.15) is 0 Å². The van der Waals surface area contributed by atoms with Crippen LogP contribution >= 0.6 is 37.2 Å². The third-order valence-corrected chi connectivity index (χ3v) is 0.919. The Balaban J connectivity index is -0.0000000417. The van der Waals surface area contributed by atoms with Gasteiger partial charge >= 0.3 is 50.5 Å². The molecule has 0 aromatic heterocycles. The summed E-state index contributed by atoms with van der Waals surface area (Å²) < 4.78 is 4.78. The van der Waals surface area contributed by atoms with E-state index < -0.39 is 0 Å². The molecular formula is C4H12Cl3OTi. The molecule has 1 nitrogen and oxygen atoms in total. The molecule has 0 aliphatic rings. The molecule has 5 heteroatoms. The summed E-state index contributed by atoms with van der Waals surface area (Å²) in [5.74, 6) is 0. The van der Waals surface area contributed by atoms with Crippen molar-refractivity contribution in [1.29, 1.82) is 0 Å². The minimum atomic E-state index is 0. The molecule has 0 aliphatic carbocycles. The number of rotatable bonds is 3. The summed E-state index contributed by atoms with van der Waals surface area (Å²) in [6, 6.07) is 0. The third kappa shape index (κ3) is 26.3. The van der Waals surface area contributed by atoms with Crippen molar-refractivity contribution in [1.82, 2.24) is 0 Å². The van der Waals surface area contributed by atoms with E-state index >= 15 is 0 Å². The largest absolute Gasteiger partial charge is 0.147 e. The average molecular weight is 230 g/mol. The van der Waals surface area contributed by atoms with Crippen molar-refractivity contribution in [3.8, 4) is 0 Å². The van der Waals surface area contributed by atoms with Gasteiger partial charge in [0.2, 0.25) is 0 Å². The van der Waals surface area contributed by atoms with Gasteiger partial charge in [-0.25, -0.2) is 0 Å². The Morgan fingerprint density at radius 2 is 1.67 bits per heavy atom. The van der Waals surface area contributed by atoms with Gasteiger partial charge in [-0.05, 0) is 0 Å². The number of halogens is 3. The zero-order valence-electron chi connectivity index (χ0n) is 5.25. The minimum absolute atomic E-state index is 0. The smallest absolute Gasteiger partial charge is 0.147 e. The second-order valence-electron chi connectivity index (χ2n) is 1.20. The molecule has 0 atom stereocenters. The molecule has 0 fully saturated rings. The van der Waals surface area contributed by atoms with Crippen molar-refractivity contribution < 1.29 is 24.1 Å². The predicted molar refractivity (Wildman–Crippen MR) is 42.6 cm³/mol. The van der Waals surface area contributed by atoms with Crippen LogP contribution in [0.25, 0.3) is 0 Å². The summed E-state index contributed by atoms with van der Waals surface area (Å²) in [4.78, 5) is 0.